The van der Waals surface area contributed by atoms with Crippen molar-refractivity contribution in [1.29, 1.82) is 0 Å². The van der Waals surface area contributed by atoms with Gasteiger partial charge in [0.2, 0.25) is 0 Å². The van der Waals surface area contributed by atoms with Gasteiger partial charge in [-0.3, -0.25) is 5.43 Å². The van der Waals surface area contributed by atoms with E-state index in [-0.39, 0.29) is 5.92 Å². The van der Waals surface area contributed by atoms with Crippen molar-refractivity contribution in [2.75, 3.05) is 5.43 Å². The van der Waals surface area contributed by atoms with Gasteiger partial charge in [-0.05, 0) is 23.8 Å². The van der Waals surface area contributed by atoms with E-state index in [4.69, 9.17) is 23.2 Å². The summed E-state index contributed by atoms with van der Waals surface area (Å²) in [4.78, 5) is 0. The fourth-order valence-corrected chi connectivity index (χ4v) is 1.93. The molecule has 0 aliphatic carbocycles. The lowest BCUT2D eigenvalue weighted by molar-refractivity contribution is 1.04. The number of hydrogen-bond acceptors (Lipinski definition) is 2. The van der Waals surface area contributed by atoms with Crippen LogP contribution in [0, 0.1) is 0 Å². The predicted molar refractivity (Wildman–Crippen MR) is 83.4 cm³/mol. The van der Waals surface area contributed by atoms with E-state index in [1.807, 2.05) is 30.5 Å². The lowest BCUT2D eigenvalue weighted by Gasteiger charge is -2.06. The number of hydrogen-bond donors (Lipinski definition) is 1. The van der Waals surface area contributed by atoms with Crippen LogP contribution in [0.4, 0.5) is 5.69 Å². The van der Waals surface area contributed by atoms with Gasteiger partial charge in [0.05, 0.1) is 15.7 Å². The molecule has 0 radical (unpaired) electrons. The molecule has 0 saturated carbocycles. The van der Waals surface area contributed by atoms with Gasteiger partial charge in [0.25, 0.3) is 0 Å². The number of rotatable bonds is 4. The number of nitrogens with one attached hydrogen (secondary N) is 1. The molecule has 2 rings (SSSR count). The second-order valence-corrected chi connectivity index (χ2v) is 5.03. The Bertz CT molecular complexity index is 568. The normalized spacial score (nSPS) is 12.6. The van der Waals surface area contributed by atoms with Gasteiger partial charge in [-0.2, -0.15) is 5.10 Å². The number of nitrogens with zero attached hydrogens (tertiary/aromatic N) is 1. The third-order valence-electron chi connectivity index (χ3n) is 2.74. The zero-order valence-electron chi connectivity index (χ0n) is 10.5. The molecule has 1 N–H and O–H groups in total. The van der Waals surface area contributed by atoms with Crippen molar-refractivity contribution in [2.45, 2.75) is 12.8 Å². The van der Waals surface area contributed by atoms with Crippen LogP contribution >= 0.6 is 23.2 Å². The Kier molecular flexibility index (Phi) is 4.83. The van der Waals surface area contributed by atoms with Crippen molar-refractivity contribution in [1.82, 2.24) is 0 Å². The predicted octanol–water partition coefficient (Wildman–Crippen LogP) is 5.19. The van der Waals surface area contributed by atoms with Gasteiger partial charge in [0.15, 0.2) is 0 Å². The highest BCUT2D eigenvalue weighted by molar-refractivity contribution is 6.42. The van der Waals surface area contributed by atoms with E-state index >= 15 is 0 Å². The van der Waals surface area contributed by atoms with Crippen LogP contribution in [0.25, 0.3) is 0 Å². The average molecular weight is 293 g/mol. The molecule has 0 heterocycles. The lowest BCUT2D eigenvalue weighted by atomic mass is 10.0. The van der Waals surface area contributed by atoms with Gasteiger partial charge in [-0.15, -0.1) is 0 Å². The Hall–Kier alpha value is -1.51. The molecule has 0 saturated heterocycles. The van der Waals surface area contributed by atoms with Crippen LogP contribution in [0.1, 0.15) is 18.4 Å². The highest BCUT2D eigenvalue weighted by atomic mass is 35.5. The van der Waals surface area contributed by atoms with Crippen molar-refractivity contribution in [3.63, 3.8) is 0 Å². The summed E-state index contributed by atoms with van der Waals surface area (Å²) in [5, 5.41) is 5.26. The van der Waals surface area contributed by atoms with Crippen LogP contribution in [-0.2, 0) is 0 Å². The monoisotopic (exact) mass is 292 g/mol. The summed E-state index contributed by atoms with van der Waals surface area (Å²) in [5.74, 6) is 0.247. The van der Waals surface area contributed by atoms with Crippen LogP contribution < -0.4 is 5.43 Å². The van der Waals surface area contributed by atoms with Crippen LogP contribution in [-0.4, -0.2) is 6.21 Å². The molecular weight excluding hydrogens is 279 g/mol. The summed E-state index contributed by atoms with van der Waals surface area (Å²) in [6, 6.07) is 15.5. The number of hydrazone groups is 1. The van der Waals surface area contributed by atoms with Crippen molar-refractivity contribution in [3.05, 3.63) is 64.1 Å². The minimum atomic E-state index is 0.247. The van der Waals surface area contributed by atoms with Crippen LogP contribution in [0.5, 0.6) is 0 Å². The van der Waals surface area contributed by atoms with Crippen molar-refractivity contribution in [2.24, 2.45) is 5.10 Å². The first-order chi connectivity index (χ1) is 9.16. The molecule has 2 aromatic carbocycles. The van der Waals surface area contributed by atoms with E-state index in [1.165, 1.54) is 5.56 Å². The van der Waals surface area contributed by atoms with E-state index in [9.17, 15) is 0 Å². The average Bonchev–Trinajstić information content (AvgIpc) is 2.43. The van der Waals surface area contributed by atoms with Crippen molar-refractivity contribution in [3.8, 4) is 0 Å². The van der Waals surface area contributed by atoms with Crippen molar-refractivity contribution >= 4 is 35.1 Å². The van der Waals surface area contributed by atoms with Gasteiger partial charge >= 0.3 is 0 Å². The summed E-state index contributed by atoms with van der Waals surface area (Å²) < 4.78 is 0. The fraction of sp³-hybridized carbons (Fsp3) is 0.133. The summed E-state index contributed by atoms with van der Waals surface area (Å²) in [5.41, 5.74) is 4.97. The first-order valence-electron chi connectivity index (χ1n) is 5.96. The molecule has 2 nitrogen and oxygen atoms in total. The molecule has 1 atom stereocenters. The highest BCUT2D eigenvalue weighted by Crippen LogP contribution is 2.25. The van der Waals surface area contributed by atoms with E-state index in [0.717, 1.165) is 5.69 Å². The second kappa shape index (κ2) is 6.60. The summed E-state index contributed by atoms with van der Waals surface area (Å²) in [7, 11) is 0. The largest absolute Gasteiger partial charge is 0.279 e. The Morgan fingerprint density at radius 3 is 2.47 bits per heavy atom. The van der Waals surface area contributed by atoms with Crippen LogP contribution in [0.3, 0.4) is 0 Å². The van der Waals surface area contributed by atoms with E-state index in [2.05, 4.69) is 29.6 Å². The van der Waals surface area contributed by atoms with Crippen LogP contribution in [0.2, 0.25) is 10.0 Å². The topological polar surface area (TPSA) is 24.4 Å². The van der Waals surface area contributed by atoms with Gasteiger partial charge in [-0.25, -0.2) is 0 Å². The maximum Gasteiger partial charge on any atom is 0.0613 e. The second-order valence-electron chi connectivity index (χ2n) is 4.22. The number of halogens is 2. The van der Waals surface area contributed by atoms with E-state index in [1.54, 1.807) is 12.1 Å². The molecule has 98 valence electrons. The molecule has 4 heteroatoms. The summed E-state index contributed by atoms with van der Waals surface area (Å²) in [6.45, 7) is 2.09. The number of anilines is 1. The van der Waals surface area contributed by atoms with Gasteiger partial charge < -0.3 is 0 Å². The molecule has 2 aromatic rings. The Labute approximate surface area is 123 Å². The maximum absolute atomic E-state index is 5.93. The summed E-state index contributed by atoms with van der Waals surface area (Å²) in [6.07, 6.45) is 1.86. The molecule has 0 aliphatic rings. The molecule has 0 fully saturated rings. The first kappa shape index (κ1) is 13.9. The minimum Gasteiger partial charge on any atom is -0.279 e. The van der Waals surface area contributed by atoms with E-state index < -0.39 is 0 Å². The first-order valence-corrected chi connectivity index (χ1v) is 6.71. The standard InChI is InChI=1S/C15H14Cl2N2/c1-11(12-5-3-2-4-6-12)10-18-19-13-7-8-14(16)15(17)9-13/h2-11,19H,1H3. The molecule has 0 spiro atoms. The molecule has 0 aromatic heterocycles. The third-order valence-corrected chi connectivity index (χ3v) is 3.48. The fourth-order valence-electron chi connectivity index (χ4n) is 1.63. The van der Waals surface area contributed by atoms with Gasteiger partial charge in [0, 0.05) is 12.1 Å². The molecule has 19 heavy (non-hydrogen) atoms. The molecule has 0 aliphatic heterocycles. The molecular formula is C15H14Cl2N2. The van der Waals surface area contributed by atoms with Gasteiger partial charge in [0.1, 0.15) is 0 Å². The molecule has 0 amide bonds. The van der Waals surface area contributed by atoms with Gasteiger partial charge in [-0.1, -0.05) is 60.5 Å². The Morgan fingerprint density at radius 2 is 1.79 bits per heavy atom. The molecule has 0 bridgehead atoms. The zero-order valence-corrected chi connectivity index (χ0v) is 12.0. The zero-order chi connectivity index (χ0) is 13.7. The number of benzene rings is 2. The highest BCUT2D eigenvalue weighted by Gasteiger charge is 2.01. The Balaban J connectivity index is 1.98. The molecule has 1 unspecified atom stereocenters. The quantitative estimate of drug-likeness (QED) is 0.608. The third kappa shape index (κ3) is 3.98. The Morgan fingerprint density at radius 1 is 1.05 bits per heavy atom. The van der Waals surface area contributed by atoms with Crippen molar-refractivity contribution < 1.29 is 0 Å². The smallest absolute Gasteiger partial charge is 0.0613 e. The SMILES string of the molecule is CC(C=NNc1ccc(Cl)c(Cl)c1)c1ccccc1. The van der Waals surface area contributed by atoms with Crippen LogP contribution in [0.15, 0.2) is 53.6 Å². The lowest BCUT2D eigenvalue weighted by Crippen LogP contribution is -1.97. The maximum atomic E-state index is 5.93. The minimum absolute atomic E-state index is 0.247. The summed E-state index contributed by atoms with van der Waals surface area (Å²) >= 11 is 11.8. The van der Waals surface area contributed by atoms with E-state index in [0.29, 0.717) is 10.0 Å².